The van der Waals surface area contributed by atoms with Gasteiger partial charge in [-0.15, -0.1) is 0 Å². The van der Waals surface area contributed by atoms with Crippen molar-refractivity contribution < 1.29 is 0 Å². The number of hydrogen-bond donors (Lipinski definition) is 2. The smallest absolute Gasteiger partial charge is 0.134 e. The zero-order chi connectivity index (χ0) is 12.9. The van der Waals surface area contributed by atoms with Gasteiger partial charge in [-0.3, -0.25) is 4.98 Å². The zero-order valence-electron chi connectivity index (χ0n) is 10.8. The van der Waals surface area contributed by atoms with Crippen molar-refractivity contribution in [3.05, 3.63) is 47.7 Å². The molecule has 0 spiro atoms. The van der Waals surface area contributed by atoms with Crippen LogP contribution in [0.3, 0.4) is 0 Å². The third kappa shape index (κ3) is 2.88. The van der Waals surface area contributed by atoms with Crippen LogP contribution in [0.25, 0.3) is 0 Å². The molecule has 1 aliphatic heterocycles. The van der Waals surface area contributed by atoms with Crippen LogP contribution >= 0.6 is 0 Å². The van der Waals surface area contributed by atoms with E-state index in [2.05, 4.69) is 31.7 Å². The Kier molecular flexibility index (Phi) is 3.65. The quantitative estimate of drug-likeness (QED) is 0.858. The summed E-state index contributed by atoms with van der Waals surface area (Å²) in [5.41, 5.74) is 3.61. The first-order valence-corrected chi connectivity index (χ1v) is 6.60. The molecule has 2 aromatic rings. The second-order valence-electron chi connectivity index (χ2n) is 4.61. The van der Waals surface area contributed by atoms with Crippen LogP contribution in [0.1, 0.15) is 16.8 Å². The van der Waals surface area contributed by atoms with E-state index in [0.29, 0.717) is 0 Å². The maximum atomic E-state index is 4.35. The highest BCUT2D eigenvalue weighted by molar-refractivity contribution is 5.46. The van der Waals surface area contributed by atoms with E-state index >= 15 is 0 Å². The minimum Gasteiger partial charge on any atom is -0.369 e. The van der Waals surface area contributed by atoms with Crippen LogP contribution in [-0.2, 0) is 19.4 Å². The highest BCUT2D eigenvalue weighted by Gasteiger charge is 2.14. The normalized spacial score (nSPS) is 13.9. The summed E-state index contributed by atoms with van der Waals surface area (Å²) in [7, 11) is 0. The lowest BCUT2D eigenvalue weighted by Gasteiger charge is -2.19. The molecule has 2 N–H and O–H groups in total. The van der Waals surface area contributed by atoms with E-state index < -0.39 is 0 Å². The van der Waals surface area contributed by atoms with Gasteiger partial charge in [-0.1, -0.05) is 6.07 Å². The molecule has 0 saturated heterocycles. The third-order valence-electron chi connectivity index (χ3n) is 3.30. The Hall–Kier alpha value is -2.01. The first-order chi connectivity index (χ1) is 9.43. The molecule has 19 heavy (non-hydrogen) atoms. The van der Waals surface area contributed by atoms with Gasteiger partial charge in [-0.2, -0.15) is 0 Å². The van der Waals surface area contributed by atoms with Gasteiger partial charge in [-0.05, 0) is 18.1 Å². The van der Waals surface area contributed by atoms with E-state index in [9.17, 15) is 0 Å². The van der Waals surface area contributed by atoms with Crippen molar-refractivity contribution in [1.82, 2.24) is 20.3 Å². The second-order valence-corrected chi connectivity index (χ2v) is 4.61. The van der Waals surface area contributed by atoms with Gasteiger partial charge in [0.15, 0.2) is 0 Å². The summed E-state index contributed by atoms with van der Waals surface area (Å²) < 4.78 is 0. The number of nitrogens with zero attached hydrogens (tertiary/aromatic N) is 3. The molecule has 0 atom stereocenters. The number of hydrogen-bond acceptors (Lipinski definition) is 5. The van der Waals surface area contributed by atoms with Crippen LogP contribution in [0.2, 0.25) is 0 Å². The van der Waals surface area contributed by atoms with Crippen molar-refractivity contribution in [2.45, 2.75) is 19.4 Å². The van der Waals surface area contributed by atoms with Gasteiger partial charge in [0.05, 0.1) is 5.69 Å². The predicted molar refractivity (Wildman–Crippen MR) is 73.9 cm³/mol. The fourth-order valence-corrected chi connectivity index (χ4v) is 2.29. The number of rotatable bonds is 4. The van der Waals surface area contributed by atoms with Gasteiger partial charge in [0.25, 0.3) is 0 Å². The average Bonchev–Trinajstić information content (AvgIpc) is 2.49. The molecular formula is C14H17N5. The summed E-state index contributed by atoms with van der Waals surface area (Å²) in [6, 6.07) is 4.05. The molecule has 0 amide bonds. The molecule has 0 radical (unpaired) electrons. The summed E-state index contributed by atoms with van der Waals surface area (Å²) in [5.74, 6) is 0.959. The molecule has 5 heteroatoms. The number of fused-ring (bicyclic) bond motifs is 1. The first kappa shape index (κ1) is 12.0. The van der Waals surface area contributed by atoms with E-state index in [1.807, 2.05) is 12.3 Å². The van der Waals surface area contributed by atoms with E-state index in [1.165, 1.54) is 11.1 Å². The maximum Gasteiger partial charge on any atom is 0.134 e. The lowest BCUT2D eigenvalue weighted by atomic mass is 10.1. The number of aromatic nitrogens is 3. The molecule has 2 aromatic heterocycles. The molecule has 0 aromatic carbocycles. The standard InChI is InChI=1S/C14H17N5/c1-2-11(8-15-5-1)3-7-17-14-12-9-16-6-4-13(12)18-10-19-14/h1-2,5,8,10,16H,3-4,6-7,9H2,(H,17,18,19). The number of nitrogens with one attached hydrogen (secondary N) is 2. The molecule has 0 unspecified atom stereocenters. The Morgan fingerprint density at radius 2 is 2.32 bits per heavy atom. The first-order valence-electron chi connectivity index (χ1n) is 6.60. The minimum atomic E-state index is 0.853. The molecule has 0 bridgehead atoms. The van der Waals surface area contributed by atoms with E-state index in [4.69, 9.17) is 0 Å². The minimum absolute atomic E-state index is 0.853. The second kappa shape index (κ2) is 5.75. The Balaban J connectivity index is 1.64. The van der Waals surface area contributed by atoms with Crippen LogP contribution in [0, 0.1) is 0 Å². The molecule has 0 saturated carbocycles. The molecule has 3 rings (SSSR count). The average molecular weight is 255 g/mol. The van der Waals surface area contributed by atoms with Crippen molar-refractivity contribution in [2.24, 2.45) is 0 Å². The zero-order valence-corrected chi connectivity index (χ0v) is 10.8. The van der Waals surface area contributed by atoms with E-state index in [1.54, 1.807) is 12.5 Å². The van der Waals surface area contributed by atoms with Crippen LogP contribution < -0.4 is 10.6 Å². The van der Waals surface area contributed by atoms with Crippen LogP contribution in [0.5, 0.6) is 0 Å². The Bertz CT molecular complexity index is 541. The fraction of sp³-hybridized carbons (Fsp3) is 0.357. The van der Waals surface area contributed by atoms with Crippen molar-refractivity contribution in [3.63, 3.8) is 0 Å². The van der Waals surface area contributed by atoms with E-state index in [0.717, 1.165) is 44.0 Å². The van der Waals surface area contributed by atoms with Crippen LogP contribution in [-0.4, -0.2) is 28.0 Å². The summed E-state index contributed by atoms with van der Waals surface area (Å²) in [4.78, 5) is 12.8. The lowest BCUT2D eigenvalue weighted by Crippen LogP contribution is -2.26. The van der Waals surface area contributed by atoms with Gasteiger partial charge in [0.1, 0.15) is 12.1 Å². The van der Waals surface area contributed by atoms with Crippen LogP contribution in [0.15, 0.2) is 30.9 Å². The topological polar surface area (TPSA) is 62.7 Å². The SMILES string of the molecule is c1cncc(CCNc2ncnc3c2CNCC3)c1. The van der Waals surface area contributed by atoms with Gasteiger partial charge in [0, 0.05) is 44.0 Å². The van der Waals surface area contributed by atoms with Crippen molar-refractivity contribution in [2.75, 3.05) is 18.4 Å². The molecule has 1 aliphatic rings. The molecular weight excluding hydrogens is 238 g/mol. The number of anilines is 1. The van der Waals surface area contributed by atoms with Crippen molar-refractivity contribution in [1.29, 1.82) is 0 Å². The van der Waals surface area contributed by atoms with Crippen molar-refractivity contribution >= 4 is 5.82 Å². The molecule has 5 nitrogen and oxygen atoms in total. The van der Waals surface area contributed by atoms with E-state index in [-0.39, 0.29) is 0 Å². The van der Waals surface area contributed by atoms with Gasteiger partial charge < -0.3 is 10.6 Å². The molecule has 0 aliphatic carbocycles. The molecule has 0 fully saturated rings. The summed E-state index contributed by atoms with van der Waals surface area (Å²) >= 11 is 0. The fourth-order valence-electron chi connectivity index (χ4n) is 2.29. The van der Waals surface area contributed by atoms with Gasteiger partial charge in [-0.25, -0.2) is 9.97 Å². The number of pyridine rings is 1. The Labute approximate surface area is 112 Å². The van der Waals surface area contributed by atoms with Crippen LogP contribution in [0.4, 0.5) is 5.82 Å². The van der Waals surface area contributed by atoms with Crippen molar-refractivity contribution in [3.8, 4) is 0 Å². The van der Waals surface area contributed by atoms with Gasteiger partial charge in [0.2, 0.25) is 0 Å². The summed E-state index contributed by atoms with van der Waals surface area (Å²) in [6.45, 7) is 2.71. The highest BCUT2D eigenvalue weighted by Crippen LogP contribution is 2.18. The molecule has 98 valence electrons. The Morgan fingerprint density at radius 1 is 1.32 bits per heavy atom. The monoisotopic (exact) mass is 255 g/mol. The summed E-state index contributed by atoms with van der Waals surface area (Å²) in [5, 5.41) is 6.76. The largest absolute Gasteiger partial charge is 0.369 e. The maximum absolute atomic E-state index is 4.35. The highest BCUT2D eigenvalue weighted by atomic mass is 15.0. The third-order valence-corrected chi connectivity index (χ3v) is 3.30. The lowest BCUT2D eigenvalue weighted by molar-refractivity contribution is 0.627. The predicted octanol–water partition coefficient (Wildman–Crippen LogP) is 1.17. The Morgan fingerprint density at radius 3 is 3.21 bits per heavy atom. The molecule has 3 heterocycles. The van der Waals surface area contributed by atoms with Gasteiger partial charge >= 0.3 is 0 Å². The summed E-state index contributed by atoms with van der Waals surface area (Å²) in [6.07, 6.45) is 7.27.